The molecule has 1 aliphatic carbocycles. The number of nitrogens with zero attached hydrogens (tertiary/aromatic N) is 1. The minimum Gasteiger partial charge on any atom is -0.314 e. The van der Waals surface area contributed by atoms with E-state index >= 15 is 0 Å². The van der Waals surface area contributed by atoms with Crippen LogP contribution in [-0.2, 0) is 4.79 Å². The van der Waals surface area contributed by atoms with Crippen LogP contribution in [-0.4, -0.2) is 26.0 Å². The van der Waals surface area contributed by atoms with E-state index in [-0.39, 0.29) is 24.1 Å². The van der Waals surface area contributed by atoms with Crippen LogP contribution >= 0.6 is 12.4 Å². The van der Waals surface area contributed by atoms with E-state index in [4.69, 9.17) is 0 Å². The highest BCUT2D eigenvalue weighted by molar-refractivity contribution is 5.94. The predicted molar refractivity (Wildman–Crippen MR) is 72.7 cm³/mol. The van der Waals surface area contributed by atoms with Crippen LogP contribution in [0.1, 0.15) is 12.8 Å². The number of rotatable bonds is 5. The smallest absolute Gasteiger partial charge is 0.240 e. The molecule has 0 heterocycles. The molecular weight excluding hydrogens is 255 g/mol. The summed E-state index contributed by atoms with van der Waals surface area (Å²) in [6.45, 7) is 1.26. The molecule has 1 amide bonds. The molecule has 1 fully saturated rings. The Morgan fingerprint density at radius 3 is 2.56 bits per heavy atom. The zero-order chi connectivity index (χ0) is 12.3. The SMILES string of the molecule is CN(C(=O)CNCC1CC1)c1ccc(F)cc1.Cl. The summed E-state index contributed by atoms with van der Waals surface area (Å²) in [6.07, 6.45) is 2.55. The van der Waals surface area contributed by atoms with Crippen LogP contribution in [0.5, 0.6) is 0 Å². The molecule has 1 aromatic carbocycles. The second-order valence-electron chi connectivity index (χ2n) is 4.50. The first-order valence-electron chi connectivity index (χ1n) is 5.89. The van der Waals surface area contributed by atoms with E-state index < -0.39 is 0 Å². The zero-order valence-electron chi connectivity index (χ0n) is 10.4. The summed E-state index contributed by atoms with van der Waals surface area (Å²) < 4.78 is 12.7. The van der Waals surface area contributed by atoms with E-state index in [1.807, 2.05) is 0 Å². The molecule has 0 spiro atoms. The summed E-state index contributed by atoms with van der Waals surface area (Å²) >= 11 is 0. The summed E-state index contributed by atoms with van der Waals surface area (Å²) in [5, 5.41) is 3.14. The number of carbonyl (C=O) groups is 1. The Morgan fingerprint density at radius 2 is 2.00 bits per heavy atom. The predicted octanol–water partition coefficient (Wildman–Crippen LogP) is 2.21. The highest BCUT2D eigenvalue weighted by Gasteiger charge is 2.21. The zero-order valence-corrected chi connectivity index (χ0v) is 11.2. The summed E-state index contributed by atoms with van der Waals surface area (Å²) in [6, 6.07) is 5.93. The normalized spacial score (nSPS) is 13.9. The molecule has 1 saturated carbocycles. The van der Waals surface area contributed by atoms with E-state index in [1.165, 1.54) is 25.0 Å². The van der Waals surface area contributed by atoms with E-state index in [0.29, 0.717) is 12.2 Å². The summed E-state index contributed by atoms with van der Waals surface area (Å²) in [7, 11) is 1.70. The van der Waals surface area contributed by atoms with E-state index in [1.54, 1.807) is 24.1 Å². The van der Waals surface area contributed by atoms with Gasteiger partial charge in [0.2, 0.25) is 5.91 Å². The van der Waals surface area contributed by atoms with Gasteiger partial charge in [0.05, 0.1) is 6.54 Å². The Hall–Kier alpha value is -1.13. The fourth-order valence-corrected chi connectivity index (χ4v) is 1.63. The lowest BCUT2D eigenvalue weighted by Crippen LogP contribution is -2.36. The molecule has 3 nitrogen and oxygen atoms in total. The maximum atomic E-state index is 12.7. The van der Waals surface area contributed by atoms with Crippen LogP contribution in [0.4, 0.5) is 10.1 Å². The molecule has 0 bridgehead atoms. The van der Waals surface area contributed by atoms with Crippen molar-refractivity contribution in [3.05, 3.63) is 30.1 Å². The van der Waals surface area contributed by atoms with E-state index in [0.717, 1.165) is 12.5 Å². The third kappa shape index (κ3) is 4.27. The van der Waals surface area contributed by atoms with Gasteiger partial charge in [-0.15, -0.1) is 12.4 Å². The lowest BCUT2D eigenvalue weighted by Gasteiger charge is -2.17. The first-order valence-corrected chi connectivity index (χ1v) is 5.89. The number of amides is 1. The number of hydrogen-bond donors (Lipinski definition) is 1. The number of benzene rings is 1. The largest absolute Gasteiger partial charge is 0.314 e. The first-order chi connectivity index (χ1) is 8.16. The van der Waals surface area contributed by atoms with Crippen molar-refractivity contribution in [2.45, 2.75) is 12.8 Å². The molecule has 0 aliphatic heterocycles. The first kappa shape index (κ1) is 14.9. The van der Waals surface area contributed by atoms with Crippen molar-refractivity contribution < 1.29 is 9.18 Å². The minimum atomic E-state index is -0.290. The van der Waals surface area contributed by atoms with Gasteiger partial charge in [-0.25, -0.2) is 4.39 Å². The number of nitrogens with one attached hydrogen (secondary N) is 1. The fourth-order valence-electron chi connectivity index (χ4n) is 1.63. The van der Waals surface area contributed by atoms with Gasteiger partial charge in [0.25, 0.3) is 0 Å². The van der Waals surface area contributed by atoms with Crippen molar-refractivity contribution >= 4 is 24.0 Å². The lowest BCUT2D eigenvalue weighted by atomic mass is 10.3. The topological polar surface area (TPSA) is 32.3 Å². The maximum absolute atomic E-state index is 12.7. The molecule has 0 saturated heterocycles. The van der Waals surface area contributed by atoms with Crippen molar-refractivity contribution in [1.29, 1.82) is 0 Å². The second-order valence-corrected chi connectivity index (χ2v) is 4.50. The van der Waals surface area contributed by atoms with Gasteiger partial charge in [-0.05, 0) is 49.6 Å². The van der Waals surface area contributed by atoms with Gasteiger partial charge in [0.1, 0.15) is 5.82 Å². The summed E-state index contributed by atoms with van der Waals surface area (Å²) in [5.41, 5.74) is 0.713. The third-order valence-corrected chi connectivity index (χ3v) is 2.99. The molecule has 100 valence electrons. The highest BCUT2D eigenvalue weighted by Crippen LogP contribution is 2.27. The van der Waals surface area contributed by atoms with Crippen LogP contribution in [0.25, 0.3) is 0 Å². The summed E-state index contributed by atoms with van der Waals surface area (Å²) in [4.78, 5) is 13.3. The maximum Gasteiger partial charge on any atom is 0.240 e. The molecule has 1 aromatic rings. The number of likely N-dealkylation sites (N-methyl/N-ethyl adjacent to an activating group) is 1. The van der Waals surface area contributed by atoms with Crippen molar-refractivity contribution in [1.82, 2.24) is 5.32 Å². The Kier molecular flexibility index (Phi) is 5.56. The van der Waals surface area contributed by atoms with Gasteiger partial charge in [0.15, 0.2) is 0 Å². The van der Waals surface area contributed by atoms with Crippen molar-refractivity contribution in [3.8, 4) is 0 Å². The van der Waals surface area contributed by atoms with E-state index in [9.17, 15) is 9.18 Å². The second kappa shape index (κ2) is 6.71. The van der Waals surface area contributed by atoms with E-state index in [2.05, 4.69) is 5.32 Å². The minimum absolute atomic E-state index is 0. The van der Waals surface area contributed by atoms with Crippen LogP contribution in [0.15, 0.2) is 24.3 Å². The van der Waals surface area contributed by atoms with Crippen molar-refractivity contribution in [2.75, 3.05) is 25.0 Å². The molecule has 1 aliphatic rings. The standard InChI is InChI=1S/C13H17FN2O.ClH/c1-16(12-6-4-11(14)5-7-12)13(17)9-15-8-10-2-3-10;/h4-7,10,15H,2-3,8-9H2,1H3;1H. The monoisotopic (exact) mass is 272 g/mol. The number of halogens is 2. The van der Waals surface area contributed by atoms with Crippen LogP contribution in [0.2, 0.25) is 0 Å². The number of anilines is 1. The van der Waals surface area contributed by atoms with Gasteiger partial charge in [-0.3, -0.25) is 4.79 Å². The van der Waals surface area contributed by atoms with Gasteiger partial charge >= 0.3 is 0 Å². The van der Waals surface area contributed by atoms with Crippen molar-refractivity contribution in [3.63, 3.8) is 0 Å². The average Bonchev–Trinajstić information content (AvgIpc) is 3.13. The van der Waals surface area contributed by atoms with Crippen molar-refractivity contribution in [2.24, 2.45) is 5.92 Å². The molecule has 0 radical (unpaired) electrons. The molecule has 5 heteroatoms. The average molecular weight is 273 g/mol. The Bertz CT molecular complexity index is 392. The van der Waals surface area contributed by atoms with Gasteiger partial charge in [-0.1, -0.05) is 0 Å². The Labute approximate surface area is 113 Å². The Balaban J connectivity index is 0.00000162. The van der Waals surface area contributed by atoms with Crippen LogP contribution < -0.4 is 10.2 Å². The van der Waals surface area contributed by atoms with Gasteiger partial charge in [-0.2, -0.15) is 0 Å². The number of hydrogen-bond acceptors (Lipinski definition) is 2. The van der Waals surface area contributed by atoms with Gasteiger partial charge < -0.3 is 10.2 Å². The number of carbonyl (C=O) groups excluding carboxylic acids is 1. The van der Waals surface area contributed by atoms with Crippen LogP contribution in [0.3, 0.4) is 0 Å². The summed E-state index contributed by atoms with van der Waals surface area (Å²) in [5.74, 6) is 0.470. The highest BCUT2D eigenvalue weighted by atomic mass is 35.5. The molecule has 0 atom stereocenters. The lowest BCUT2D eigenvalue weighted by molar-refractivity contribution is -0.117. The molecular formula is C13H18ClFN2O. The Morgan fingerprint density at radius 1 is 1.39 bits per heavy atom. The molecule has 1 N–H and O–H groups in total. The molecule has 18 heavy (non-hydrogen) atoms. The van der Waals surface area contributed by atoms with Crippen LogP contribution in [0, 0.1) is 11.7 Å². The third-order valence-electron chi connectivity index (χ3n) is 2.99. The quantitative estimate of drug-likeness (QED) is 0.891. The van der Waals surface area contributed by atoms with Gasteiger partial charge in [0, 0.05) is 12.7 Å². The molecule has 0 aromatic heterocycles. The molecule has 2 rings (SSSR count). The fraction of sp³-hybridized carbons (Fsp3) is 0.462. The molecule has 0 unspecified atom stereocenters.